The molecule has 0 bridgehead atoms. The van der Waals surface area contributed by atoms with Gasteiger partial charge in [0.25, 0.3) is 11.8 Å². The molecule has 1 aliphatic heterocycles. The first-order valence-corrected chi connectivity index (χ1v) is 11.1. The number of ether oxygens (including phenoxy) is 3. The van der Waals surface area contributed by atoms with Gasteiger partial charge in [-0.15, -0.1) is 0 Å². The molecule has 1 N–H and O–H groups in total. The van der Waals surface area contributed by atoms with E-state index in [2.05, 4.69) is 10.3 Å². The predicted octanol–water partition coefficient (Wildman–Crippen LogP) is 3.32. The van der Waals surface area contributed by atoms with Crippen LogP contribution in [-0.2, 0) is 14.3 Å². The number of carbonyl (C=O) groups is 3. The molecule has 2 aromatic rings. The number of aromatic nitrogens is 1. The number of hydrogen-bond acceptors (Lipinski definition) is 7. The van der Waals surface area contributed by atoms with Crippen LogP contribution in [0.4, 0.5) is 5.69 Å². The fourth-order valence-electron chi connectivity index (χ4n) is 3.28. The van der Waals surface area contributed by atoms with Gasteiger partial charge in [-0.25, -0.2) is 9.78 Å². The van der Waals surface area contributed by atoms with E-state index in [1.54, 1.807) is 30.0 Å². The van der Waals surface area contributed by atoms with Crippen molar-refractivity contribution in [3.63, 3.8) is 0 Å². The molecule has 1 fully saturated rings. The molecule has 33 heavy (non-hydrogen) atoms. The lowest BCUT2D eigenvalue weighted by Gasteiger charge is -2.26. The van der Waals surface area contributed by atoms with Gasteiger partial charge in [-0.1, -0.05) is 11.6 Å². The van der Waals surface area contributed by atoms with E-state index in [0.29, 0.717) is 23.8 Å². The molecule has 0 spiro atoms. The topological polar surface area (TPSA) is 107 Å². The summed E-state index contributed by atoms with van der Waals surface area (Å²) < 4.78 is 16.3. The third-order valence-corrected chi connectivity index (χ3v) is 5.21. The van der Waals surface area contributed by atoms with Crippen LogP contribution < -0.4 is 14.8 Å². The van der Waals surface area contributed by atoms with Gasteiger partial charge >= 0.3 is 5.97 Å². The summed E-state index contributed by atoms with van der Waals surface area (Å²) in [5.74, 6) is -0.688. The van der Waals surface area contributed by atoms with Gasteiger partial charge in [-0.2, -0.15) is 0 Å². The summed E-state index contributed by atoms with van der Waals surface area (Å²) in [7, 11) is 0. The molecule has 3 rings (SSSR count). The molecule has 0 radical (unpaired) electrons. The molecule has 1 saturated heterocycles. The lowest BCUT2D eigenvalue weighted by Crippen LogP contribution is -2.38. The Morgan fingerprint density at radius 2 is 1.85 bits per heavy atom. The number of benzene rings is 1. The van der Waals surface area contributed by atoms with E-state index in [1.807, 2.05) is 0 Å². The highest BCUT2D eigenvalue weighted by atomic mass is 35.5. The summed E-state index contributed by atoms with van der Waals surface area (Å²) in [6, 6.07) is 7.69. The number of rotatable bonds is 9. The maximum atomic E-state index is 12.4. The van der Waals surface area contributed by atoms with Crippen molar-refractivity contribution in [2.24, 2.45) is 0 Å². The monoisotopic (exact) mass is 475 g/mol. The van der Waals surface area contributed by atoms with Crippen LogP contribution in [0.15, 0.2) is 36.5 Å². The Bertz CT molecular complexity index is 994. The number of pyridine rings is 1. The first kappa shape index (κ1) is 24.3. The summed E-state index contributed by atoms with van der Waals surface area (Å²) in [5, 5.41) is 2.65. The SMILES string of the molecule is CCOc1cc(C(=O)OCC(=O)Nc2cccnc2Cl)ccc1OCC(=O)N1CCCCC1. The Hall–Kier alpha value is -3.33. The summed E-state index contributed by atoms with van der Waals surface area (Å²) in [6.45, 7) is 3.00. The predicted molar refractivity (Wildman–Crippen MR) is 122 cm³/mol. The Balaban J connectivity index is 1.56. The smallest absolute Gasteiger partial charge is 0.338 e. The maximum Gasteiger partial charge on any atom is 0.338 e. The molecular weight excluding hydrogens is 450 g/mol. The van der Waals surface area contributed by atoms with Gasteiger partial charge in [0, 0.05) is 19.3 Å². The number of halogens is 1. The minimum Gasteiger partial charge on any atom is -0.490 e. The van der Waals surface area contributed by atoms with Crippen LogP contribution in [0, 0.1) is 0 Å². The van der Waals surface area contributed by atoms with Crippen molar-refractivity contribution >= 4 is 35.1 Å². The van der Waals surface area contributed by atoms with Gasteiger partial charge in [0.1, 0.15) is 0 Å². The second kappa shape index (κ2) is 12.1. The molecule has 1 aromatic carbocycles. The normalized spacial score (nSPS) is 13.2. The zero-order chi connectivity index (χ0) is 23.6. The largest absolute Gasteiger partial charge is 0.490 e. The van der Waals surface area contributed by atoms with E-state index in [4.69, 9.17) is 25.8 Å². The molecule has 0 unspecified atom stereocenters. The number of nitrogens with one attached hydrogen (secondary N) is 1. The second-order valence-corrected chi connectivity index (χ2v) is 7.65. The molecule has 10 heteroatoms. The number of esters is 1. The van der Waals surface area contributed by atoms with Crippen molar-refractivity contribution in [3.8, 4) is 11.5 Å². The maximum absolute atomic E-state index is 12.4. The third kappa shape index (κ3) is 7.08. The number of hydrogen-bond donors (Lipinski definition) is 1. The van der Waals surface area contributed by atoms with Crippen LogP contribution in [0.2, 0.25) is 5.15 Å². The van der Waals surface area contributed by atoms with E-state index in [1.165, 1.54) is 18.3 Å². The lowest BCUT2D eigenvalue weighted by molar-refractivity contribution is -0.134. The van der Waals surface area contributed by atoms with Gasteiger partial charge in [0.15, 0.2) is 29.9 Å². The molecule has 176 valence electrons. The first-order valence-electron chi connectivity index (χ1n) is 10.7. The van der Waals surface area contributed by atoms with Crippen LogP contribution >= 0.6 is 11.6 Å². The zero-order valence-corrected chi connectivity index (χ0v) is 19.1. The molecule has 2 amide bonds. The highest BCUT2D eigenvalue weighted by Crippen LogP contribution is 2.29. The first-order chi connectivity index (χ1) is 16.0. The van der Waals surface area contributed by atoms with Crippen molar-refractivity contribution in [3.05, 3.63) is 47.2 Å². The average molecular weight is 476 g/mol. The molecule has 0 saturated carbocycles. The average Bonchev–Trinajstić information content (AvgIpc) is 2.83. The van der Waals surface area contributed by atoms with E-state index >= 15 is 0 Å². The fraction of sp³-hybridized carbons (Fsp3) is 0.391. The number of nitrogens with zero attached hydrogens (tertiary/aromatic N) is 2. The van der Waals surface area contributed by atoms with Crippen molar-refractivity contribution in [1.82, 2.24) is 9.88 Å². The van der Waals surface area contributed by atoms with Gasteiger partial charge in [0.2, 0.25) is 0 Å². The van der Waals surface area contributed by atoms with Gasteiger partial charge in [0.05, 0.1) is 17.9 Å². The van der Waals surface area contributed by atoms with Gasteiger partial charge < -0.3 is 24.4 Å². The highest BCUT2D eigenvalue weighted by molar-refractivity contribution is 6.32. The van der Waals surface area contributed by atoms with E-state index in [0.717, 1.165) is 32.4 Å². The number of piperidine rings is 1. The Kier molecular flexibility index (Phi) is 8.88. The zero-order valence-electron chi connectivity index (χ0n) is 18.3. The second-order valence-electron chi connectivity index (χ2n) is 7.29. The number of amides is 2. The minimum atomic E-state index is -0.709. The Morgan fingerprint density at radius 1 is 1.06 bits per heavy atom. The van der Waals surface area contributed by atoms with Crippen LogP contribution in [0.5, 0.6) is 11.5 Å². The minimum absolute atomic E-state index is 0.0830. The lowest BCUT2D eigenvalue weighted by atomic mass is 10.1. The Morgan fingerprint density at radius 3 is 2.58 bits per heavy atom. The van der Waals surface area contributed by atoms with Gasteiger partial charge in [-0.05, 0) is 56.5 Å². The summed E-state index contributed by atoms with van der Waals surface area (Å²) in [4.78, 5) is 42.5. The van der Waals surface area contributed by atoms with Crippen molar-refractivity contribution in [1.29, 1.82) is 0 Å². The van der Waals surface area contributed by atoms with Gasteiger partial charge in [-0.3, -0.25) is 9.59 Å². The van der Waals surface area contributed by atoms with E-state index in [9.17, 15) is 14.4 Å². The molecular formula is C23H26ClN3O6. The molecule has 1 aromatic heterocycles. The van der Waals surface area contributed by atoms with E-state index < -0.39 is 18.5 Å². The summed E-state index contributed by atoms with van der Waals surface area (Å²) in [6.07, 6.45) is 4.63. The number of carbonyl (C=O) groups excluding carboxylic acids is 3. The van der Waals surface area contributed by atoms with Crippen molar-refractivity contribution in [2.45, 2.75) is 26.2 Å². The fourth-order valence-corrected chi connectivity index (χ4v) is 3.44. The quantitative estimate of drug-likeness (QED) is 0.438. The molecule has 0 atom stereocenters. The third-order valence-electron chi connectivity index (χ3n) is 4.91. The van der Waals surface area contributed by atoms with Crippen LogP contribution in [-0.4, -0.2) is 60.6 Å². The summed E-state index contributed by atoms with van der Waals surface area (Å²) >= 11 is 5.90. The van der Waals surface area contributed by atoms with Crippen LogP contribution in [0.1, 0.15) is 36.5 Å². The number of likely N-dealkylation sites (tertiary alicyclic amines) is 1. The van der Waals surface area contributed by atoms with Crippen LogP contribution in [0.25, 0.3) is 0 Å². The van der Waals surface area contributed by atoms with Crippen molar-refractivity contribution in [2.75, 3.05) is 38.2 Å². The molecule has 0 aliphatic carbocycles. The highest BCUT2D eigenvalue weighted by Gasteiger charge is 2.19. The molecule has 9 nitrogen and oxygen atoms in total. The van der Waals surface area contributed by atoms with Crippen LogP contribution in [0.3, 0.4) is 0 Å². The van der Waals surface area contributed by atoms with E-state index in [-0.39, 0.29) is 23.2 Å². The standard InChI is InChI=1S/C23H26ClN3O6/c1-2-31-19-13-16(8-9-18(19)32-15-21(29)27-11-4-3-5-12-27)23(30)33-14-20(28)26-17-7-6-10-25-22(17)24/h6-10,13H,2-5,11-12,14-15H2,1H3,(H,26,28). The van der Waals surface area contributed by atoms with Crippen molar-refractivity contribution < 1.29 is 28.6 Å². The molecule has 2 heterocycles. The Labute approximate surface area is 197 Å². The summed E-state index contributed by atoms with van der Waals surface area (Å²) in [5.41, 5.74) is 0.500. The molecule has 1 aliphatic rings. The number of anilines is 1.